The van der Waals surface area contributed by atoms with Crippen molar-refractivity contribution in [3.05, 3.63) is 0 Å². The van der Waals surface area contributed by atoms with Crippen molar-refractivity contribution < 1.29 is 0 Å². The molecule has 0 fully saturated rings. The van der Waals surface area contributed by atoms with Crippen LogP contribution in [0.4, 0.5) is 0 Å². The van der Waals surface area contributed by atoms with E-state index in [4.69, 9.17) is 0 Å². The minimum absolute atomic E-state index is 0.480. The Morgan fingerprint density at radius 3 is 2.32 bits per heavy atom. The topological polar surface area (TPSA) is 39.7 Å². The van der Waals surface area contributed by atoms with E-state index in [2.05, 4.69) is 55.1 Å². The lowest BCUT2D eigenvalue weighted by Crippen LogP contribution is -2.42. The van der Waals surface area contributed by atoms with E-state index < -0.39 is 0 Å². The smallest absolute Gasteiger partial charge is 0.191 e. The van der Waals surface area contributed by atoms with Gasteiger partial charge in [0.25, 0.3) is 0 Å². The Balaban J connectivity index is 3.90. The summed E-state index contributed by atoms with van der Waals surface area (Å²) >= 11 is 0. The highest BCUT2D eigenvalue weighted by Gasteiger charge is 2.02. The maximum absolute atomic E-state index is 4.63. The third-order valence-electron chi connectivity index (χ3n) is 3.39. The molecule has 19 heavy (non-hydrogen) atoms. The van der Waals surface area contributed by atoms with E-state index in [-0.39, 0.29) is 0 Å². The zero-order valence-corrected chi connectivity index (χ0v) is 13.6. The lowest BCUT2D eigenvalue weighted by atomic mass is 10.3. The molecule has 2 N–H and O–H groups in total. The van der Waals surface area contributed by atoms with Gasteiger partial charge >= 0.3 is 0 Å². The maximum Gasteiger partial charge on any atom is 0.191 e. The SMILES string of the molecule is CCNC(=NCCCCN(CC)CC)NC(C)CC. The maximum atomic E-state index is 4.63. The molecule has 4 nitrogen and oxygen atoms in total. The largest absolute Gasteiger partial charge is 0.357 e. The number of nitrogens with zero attached hydrogens (tertiary/aromatic N) is 2. The molecule has 1 atom stereocenters. The van der Waals surface area contributed by atoms with Gasteiger partial charge in [-0.05, 0) is 52.7 Å². The highest BCUT2D eigenvalue weighted by Crippen LogP contribution is 1.96. The second kappa shape index (κ2) is 12.3. The first kappa shape index (κ1) is 18.2. The summed E-state index contributed by atoms with van der Waals surface area (Å²) in [5, 5.41) is 6.72. The first-order valence-corrected chi connectivity index (χ1v) is 7.94. The van der Waals surface area contributed by atoms with E-state index in [0.29, 0.717) is 6.04 Å². The molecule has 0 heterocycles. The molecular formula is C15H34N4. The van der Waals surface area contributed by atoms with Crippen LogP contribution in [0.1, 0.15) is 53.9 Å². The zero-order valence-electron chi connectivity index (χ0n) is 13.6. The Bertz CT molecular complexity index is 224. The molecule has 0 aromatic rings. The number of hydrogen-bond acceptors (Lipinski definition) is 2. The van der Waals surface area contributed by atoms with Gasteiger partial charge < -0.3 is 15.5 Å². The quantitative estimate of drug-likeness (QED) is 0.364. The lowest BCUT2D eigenvalue weighted by molar-refractivity contribution is 0.297. The highest BCUT2D eigenvalue weighted by molar-refractivity contribution is 5.79. The van der Waals surface area contributed by atoms with E-state index in [1.807, 2.05) is 0 Å². The molecule has 114 valence electrons. The average Bonchev–Trinajstić information content (AvgIpc) is 2.42. The van der Waals surface area contributed by atoms with Gasteiger partial charge in [0, 0.05) is 19.1 Å². The van der Waals surface area contributed by atoms with Gasteiger partial charge in [-0.2, -0.15) is 0 Å². The monoisotopic (exact) mass is 270 g/mol. The van der Waals surface area contributed by atoms with E-state index in [0.717, 1.165) is 45.0 Å². The fraction of sp³-hybridized carbons (Fsp3) is 0.933. The normalized spacial score (nSPS) is 13.7. The molecule has 0 saturated carbocycles. The van der Waals surface area contributed by atoms with Crippen LogP contribution < -0.4 is 10.6 Å². The molecule has 0 spiro atoms. The van der Waals surface area contributed by atoms with Crippen molar-refractivity contribution in [3.63, 3.8) is 0 Å². The standard InChI is InChI=1S/C15H34N4/c1-6-14(5)18-15(16-7-2)17-12-10-11-13-19(8-3)9-4/h14H,6-13H2,1-5H3,(H2,16,17,18). The fourth-order valence-electron chi connectivity index (χ4n) is 1.83. The predicted molar refractivity (Wildman–Crippen MR) is 85.9 cm³/mol. The predicted octanol–water partition coefficient (Wildman–Crippen LogP) is 2.46. The number of nitrogens with one attached hydrogen (secondary N) is 2. The third-order valence-corrected chi connectivity index (χ3v) is 3.39. The van der Waals surface area contributed by atoms with Crippen molar-refractivity contribution >= 4 is 5.96 Å². The fourth-order valence-corrected chi connectivity index (χ4v) is 1.83. The average molecular weight is 270 g/mol. The van der Waals surface area contributed by atoms with Crippen molar-refractivity contribution in [2.24, 2.45) is 4.99 Å². The van der Waals surface area contributed by atoms with Crippen molar-refractivity contribution in [3.8, 4) is 0 Å². The second-order valence-corrected chi connectivity index (χ2v) is 4.95. The molecule has 0 amide bonds. The Labute approximate surface area is 120 Å². The number of rotatable bonds is 10. The van der Waals surface area contributed by atoms with Gasteiger partial charge in [0.05, 0.1) is 0 Å². The summed E-state index contributed by atoms with van der Waals surface area (Å²) < 4.78 is 0. The van der Waals surface area contributed by atoms with Crippen LogP contribution in [-0.4, -0.2) is 49.6 Å². The summed E-state index contributed by atoms with van der Waals surface area (Å²) in [7, 11) is 0. The van der Waals surface area contributed by atoms with E-state index in [1.54, 1.807) is 0 Å². The summed E-state index contributed by atoms with van der Waals surface area (Å²) in [5.74, 6) is 0.958. The van der Waals surface area contributed by atoms with Crippen molar-refractivity contribution in [1.82, 2.24) is 15.5 Å². The molecule has 0 aromatic heterocycles. The molecule has 0 aliphatic carbocycles. The highest BCUT2D eigenvalue weighted by atomic mass is 15.2. The second-order valence-electron chi connectivity index (χ2n) is 4.95. The molecule has 0 saturated heterocycles. The van der Waals surface area contributed by atoms with Gasteiger partial charge in [0.1, 0.15) is 0 Å². The third kappa shape index (κ3) is 9.77. The summed E-state index contributed by atoms with van der Waals surface area (Å²) in [5.41, 5.74) is 0. The molecule has 0 aliphatic rings. The molecule has 0 radical (unpaired) electrons. The van der Waals surface area contributed by atoms with E-state index in [1.165, 1.54) is 13.0 Å². The van der Waals surface area contributed by atoms with Crippen molar-refractivity contribution in [2.45, 2.75) is 59.9 Å². The van der Waals surface area contributed by atoms with Crippen LogP contribution in [0.15, 0.2) is 4.99 Å². The van der Waals surface area contributed by atoms with Crippen molar-refractivity contribution in [1.29, 1.82) is 0 Å². The zero-order chi connectivity index (χ0) is 14.5. The Kier molecular flexibility index (Phi) is 11.8. The molecular weight excluding hydrogens is 236 g/mol. The molecule has 0 rings (SSSR count). The Morgan fingerprint density at radius 2 is 1.79 bits per heavy atom. The molecule has 4 heteroatoms. The molecule has 0 bridgehead atoms. The number of guanidine groups is 1. The first-order chi connectivity index (χ1) is 9.17. The van der Waals surface area contributed by atoms with Gasteiger partial charge in [-0.25, -0.2) is 0 Å². The van der Waals surface area contributed by atoms with Gasteiger partial charge in [0.2, 0.25) is 0 Å². The van der Waals surface area contributed by atoms with Gasteiger partial charge in [-0.1, -0.05) is 20.8 Å². The summed E-state index contributed by atoms with van der Waals surface area (Å²) in [6, 6.07) is 0.480. The van der Waals surface area contributed by atoms with Crippen LogP contribution >= 0.6 is 0 Å². The van der Waals surface area contributed by atoms with Crippen LogP contribution in [0.3, 0.4) is 0 Å². The van der Waals surface area contributed by atoms with Crippen LogP contribution in [0.2, 0.25) is 0 Å². The summed E-state index contributed by atoms with van der Waals surface area (Å²) in [4.78, 5) is 7.09. The first-order valence-electron chi connectivity index (χ1n) is 7.94. The Hall–Kier alpha value is -0.770. The van der Waals surface area contributed by atoms with Gasteiger partial charge in [-0.15, -0.1) is 0 Å². The van der Waals surface area contributed by atoms with Gasteiger partial charge in [0.15, 0.2) is 5.96 Å². The lowest BCUT2D eigenvalue weighted by Gasteiger charge is -2.18. The Morgan fingerprint density at radius 1 is 1.11 bits per heavy atom. The van der Waals surface area contributed by atoms with Gasteiger partial charge in [-0.3, -0.25) is 4.99 Å². The van der Waals surface area contributed by atoms with Crippen molar-refractivity contribution in [2.75, 3.05) is 32.7 Å². The minimum Gasteiger partial charge on any atom is -0.357 e. The van der Waals surface area contributed by atoms with Crippen LogP contribution in [0, 0.1) is 0 Å². The van der Waals surface area contributed by atoms with Crippen LogP contribution in [-0.2, 0) is 0 Å². The molecule has 0 aliphatic heterocycles. The van der Waals surface area contributed by atoms with Crippen LogP contribution in [0.25, 0.3) is 0 Å². The number of aliphatic imine (C=N–C) groups is 1. The number of hydrogen-bond donors (Lipinski definition) is 2. The minimum atomic E-state index is 0.480. The van der Waals surface area contributed by atoms with Crippen LogP contribution in [0.5, 0.6) is 0 Å². The van der Waals surface area contributed by atoms with E-state index >= 15 is 0 Å². The molecule has 0 aromatic carbocycles. The number of unbranched alkanes of at least 4 members (excludes halogenated alkanes) is 1. The summed E-state index contributed by atoms with van der Waals surface area (Å²) in [6.07, 6.45) is 3.51. The van der Waals surface area contributed by atoms with E-state index in [9.17, 15) is 0 Å². The molecule has 1 unspecified atom stereocenters. The summed E-state index contributed by atoms with van der Waals surface area (Å²) in [6.45, 7) is 16.2.